The number of piperidine rings is 1. The van der Waals surface area contributed by atoms with Crippen LogP contribution in [0, 0.1) is 0 Å². The average Bonchev–Trinajstić information content (AvgIpc) is 2.39. The van der Waals surface area contributed by atoms with Crippen LogP contribution in [-0.4, -0.2) is 36.3 Å². The first-order valence-corrected chi connectivity index (χ1v) is 5.70. The lowest BCUT2D eigenvalue weighted by Gasteiger charge is -2.23. The van der Waals surface area contributed by atoms with E-state index in [1.54, 1.807) is 12.3 Å². The van der Waals surface area contributed by atoms with Gasteiger partial charge in [0.2, 0.25) is 5.88 Å². The maximum Gasteiger partial charge on any atom is 0.341 e. The van der Waals surface area contributed by atoms with E-state index in [4.69, 9.17) is 9.84 Å². The Morgan fingerprint density at radius 3 is 2.82 bits per heavy atom. The molecule has 1 aliphatic heterocycles. The number of rotatable bonds is 3. The summed E-state index contributed by atoms with van der Waals surface area (Å²) in [5, 5.41) is 12.4. The minimum absolute atomic E-state index is 0.142. The van der Waals surface area contributed by atoms with Crippen molar-refractivity contribution in [2.45, 2.75) is 18.8 Å². The summed E-state index contributed by atoms with van der Waals surface area (Å²) in [5.74, 6) is -0.423. The summed E-state index contributed by atoms with van der Waals surface area (Å²) in [6.45, 7) is 1.94. The number of nitrogens with one attached hydrogen (secondary N) is 1. The summed E-state index contributed by atoms with van der Waals surface area (Å²) in [5.41, 5.74) is 1.13. The molecule has 17 heavy (non-hydrogen) atoms. The van der Waals surface area contributed by atoms with Crippen molar-refractivity contribution in [1.82, 2.24) is 10.3 Å². The molecule has 2 rings (SSSR count). The molecule has 0 radical (unpaired) electrons. The predicted molar refractivity (Wildman–Crippen MR) is 62.6 cm³/mol. The quantitative estimate of drug-likeness (QED) is 0.826. The minimum atomic E-state index is -0.995. The Balaban J connectivity index is 2.29. The molecule has 0 atom stereocenters. The van der Waals surface area contributed by atoms with Crippen molar-refractivity contribution in [3.63, 3.8) is 0 Å². The smallest absolute Gasteiger partial charge is 0.341 e. The van der Waals surface area contributed by atoms with Crippen molar-refractivity contribution in [3.05, 3.63) is 23.4 Å². The van der Waals surface area contributed by atoms with Gasteiger partial charge in [-0.3, -0.25) is 0 Å². The fourth-order valence-corrected chi connectivity index (χ4v) is 2.16. The van der Waals surface area contributed by atoms with E-state index in [9.17, 15) is 4.79 Å². The lowest BCUT2D eigenvalue weighted by atomic mass is 9.90. The molecule has 1 saturated heterocycles. The Labute approximate surface area is 99.8 Å². The number of aromatic carboxylic acids is 1. The van der Waals surface area contributed by atoms with Crippen molar-refractivity contribution in [1.29, 1.82) is 0 Å². The van der Waals surface area contributed by atoms with E-state index in [0.717, 1.165) is 31.5 Å². The van der Waals surface area contributed by atoms with Gasteiger partial charge in [-0.1, -0.05) is 0 Å². The molecular formula is C12H16N2O3. The molecule has 0 aliphatic carbocycles. The van der Waals surface area contributed by atoms with Crippen LogP contribution in [0.4, 0.5) is 0 Å². The lowest BCUT2D eigenvalue weighted by molar-refractivity contribution is 0.0692. The Bertz CT molecular complexity index is 414. The number of hydrogen-bond acceptors (Lipinski definition) is 4. The second-order valence-corrected chi connectivity index (χ2v) is 4.15. The zero-order valence-electron chi connectivity index (χ0n) is 9.77. The number of nitrogens with zero attached hydrogens (tertiary/aromatic N) is 1. The number of pyridine rings is 1. The topological polar surface area (TPSA) is 71.5 Å². The van der Waals surface area contributed by atoms with E-state index in [0.29, 0.717) is 5.92 Å². The van der Waals surface area contributed by atoms with Crippen molar-refractivity contribution < 1.29 is 14.6 Å². The third-order valence-corrected chi connectivity index (χ3v) is 3.11. The standard InChI is InChI=1S/C12H16N2O3/c1-17-11-10(12(15)16)6-9(7-14-11)8-2-4-13-5-3-8/h6-8,13H,2-5H2,1H3,(H,15,16). The molecule has 1 aliphatic rings. The van der Waals surface area contributed by atoms with Crippen LogP contribution in [0.1, 0.15) is 34.7 Å². The van der Waals surface area contributed by atoms with Crippen molar-refractivity contribution in [2.24, 2.45) is 0 Å². The highest BCUT2D eigenvalue weighted by atomic mass is 16.5. The number of carbonyl (C=O) groups is 1. The summed E-state index contributed by atoms with van der Waals surface area (Å²) in [4.78, 5) is 15.2. The number of methoxy groups -OCH3 is 1. The number of aromatic nitrogens is 1. The number of ether oxygens (including phenoxy) is 1. The van der Waals surface area contributed by atoms with Gasteiger partial charge >= 0.3 is 5.97 Å². The monoisotopic (exact) mass is 236 g/mol. The van der Waals surface area contributed by atoms with E-state index in [-0.39, 0.29) is 11.4 Å². The highest BCUT2D eigenvalue weighted by molar-refractivity contribution is 5.90. The molecule has 1 aromatic heterocycles. The molecule has 92 valence electrons. The van der Waals surface area contributed by atoms with Crippen LogP contribution >= 0.6 is 0 Å². The van der Waals surface area contributed by atoms with Gasteiger partial charge in [-0.2, -0.15) is 0 Å². The number of carboxylic acid groups (broad SMARTS) is 1. The van der Waals surface area contributed by atoms with Gasteiger partial charge in [-0.25, -0.2) is 9.78 Å². The average molecular weight is 236 g/mol. The van der Waals surface area contributed by atoms with Crippen LogP contribution in [0.15, 0.2) is 12.3 Å². The second-order valence-electron chi connectivity index (χ2n) is 4.15. The van der Waals surface area contributed by atoms with Crippen LogP contribution in [0.3, 0.4) is 0 Å². The van der Waals surface area contributed by atoms with Crippen LogP contribution in [-0.2, 0) is 0 Å². The maximum absolute atomic E-state index is 11.1. The first-order chi connectivity index (χ1) is 8.22. The van der Waals surface area contributed by atoms with Gasteiger partial charge in [0, 0.05) is 6.20 Å². The maximum atomic E-state index is 11.1. The van der Waals surface area contributed by atoms with Gasteiger partial charge in [-0.15, -0.1) is 0 Å². The fourth-order valence-electron chi connectivity index (χ4n) is 2.16. The fraction of sp³-hybridized carbons (Fsp3) is 0.500. The number of hydrogen-bond donors (Lipinski definition) is 2. The van der Waals surface area contributed by atoms with Gasteiger partial charge in [0.15, 0.2) is 0 Å². The van der Waals surface area contributed by atoms with Gasteiger partial charge < -0.3 is 15.2 Å². The Hall–Kier alpha value is -1.62. The zero-order valence-corrected chi connectivity index (χ0v) is 9.77. The van der Waals surface area contributed by atoms with Crippen LogP contribution in [0.2, 0.25) is 0 Å². The highest BCUT2D eigenvalue weighted by Crippen LogP contribution is 2.27. The molecule has 0 spiro atoms. The molecule has 2 N–H and O–H groups in total. The van der Waals surface area contributed by atoms with E-state index >= 15 is 0 Å². The van der Waals surface area contributed by atoms with Crippen LogP contribution in [0.5, 0.6) is 5.88 Å². The van der Waals surface area contributed by atoms with Gasteiger partial charge in [0.25, 0.3) is 0 Å². The molecule has 0 aromatic carbocycles. The summed E-state index contributed by atoms with van der Waals surface area (Å²) < 4.78 is 4.94. The third-order valence-electron chi connectivity index (χ3n) is 3.11. The van der Waals surface area contributed by atoms with E-state index < -0.39 is 5.97 Å². The second kappa shape index (κ2) is 5.14. The van der Waals surface area contributed by atoms with Gasteiger partial charge in [0.1, 0.15) is 5.56 Å². The van der Waals surface area contributed by atoms with Crippen LogP contribution < -0.4 is 10.1 Å². The largest absolute Gasteiger partial charge is 0.480 e. The molecule has 5 heteroatoms. The van der Waals surface area contributed by atoms with Gasteiger partial charge in [-0.05, 0) is 43.5 Å². The van der Waals surface area contributed by atoms with E-state index in [2.05, 4.69) is 10.3 Å². The zero-order chi connectivity index (χ0) is 12.3. The molecule has 1 fully saturated rings. The van der Waals surface area contributed by atoms with Crippen molar-refractivity contribution >= 4 is 5.97 Å². The summed E-state index contributed by atoms with van der Waals surface area (Å²) in [6, 6.07) is 1.68. The Kier molecular flexibility index (Phi) is 3.58. The Morgan fingerprint density at radius 2 is 2.24 bits per heavy atom. The SMILES string of the molecule is COc1ncc(C2CCNCC2)cc1C(=O)O. The molecule has 0 unspecified atom stereocenters. The van der Waals surface area contributed by atoms with Crippen molar-refractivity contribution in [3.8, 4) is 5.88 Å². The normalized spacial score (nSPS) is 16.8. The molecule has 1 aromatic rings. The molecule has 5 nitrogen and oxygen atoms in total. The van der Waals surface area contributed by atoms with Gasteiger partial charge in [0.05, 0.1) is 7.11 Å². The minimum Gasteiger partial charge on any atom is -0.480 e. The summed E-state index contributed by atoms with van der Waals surface area (Å²) in [6.07, 6.45) is 3.77. The van der Waals surface area contributed by atoms with Crippen LogP contribution in [0.25, 0.3) is 0 Å². The summed E-state index contributed by atoms with van der Waals surface area (Å²) in [7, 11) is 1.43. The lowest BCUT2D eigenvalue weighted by Crippen LogP contribution is -2.26. The first-order valence-electron chi connectivity index (χ1n) is 5.70. The molecule has 2 heterocycles. The first kappa shape index (κ1) is 11.9. The molecular weight excluding hydrogens is 220 g/mol. The van der Waals surface area contributed by atoms with E-state index in [1.807, 2.05) is 0 Å². The van der Waals surface area contributed by atoms with Crippen molar-refractivity contribution in [2.75, 3.05) is 20.2 Å². The van der Waals surface area contributed by atoms with E-state index in [1.165, 1.54) is 7.11 Å². The molecule has 0 bridgehead atoms. The predicted octanol–water partition coefficient (Wildman–Crippen LogP) is 1.26. The highest BCUT2D eigenvalue weighted by Gasteiger charge is 2.19. The molecule has 0 saturated carbocycles. The molecule has 0 amide bonds. The number of carboxylic acids is 1. The third kappa shape index (κ3) is 2.55. The summed E-state index contributed by atoms with van der Waals surface area (Å²) >= 11 is 0. The Morgan fingerprint density at radius 1 is 1.53 bits per heavy atom.